The summed E-state index contributed by atoms with van der Waals surface area (Å²) in [5.41, 5.74) is -7.24. The fourth-order valence-electron chi connectivity index (χ4n) is 6.53. The average molecular weight is 793 g/mol. The monoisotopic (exact) mass is 792 g/mol. The van der Waals surface area contributed by atoms with E-state index in [4.69, 9.17) is 28.1 Å². The normalized spacial score (nSPS) is 31.1. The van der Waals surface area contributed by atoms with E-state index in [0.29, 0.717) is 0 Å². The molecule has 12 N–H and O–H groups in total. The van der Waals surface area contributed by atoms with Crippen molar-refractivity contribution in [1.29, 1.82) is 0 Å². The van der Waals surface area contributed by atoms with Crippen LogP contribution in [-0.2, 0) is 35.0 Å². The molecule has 3 aliphatic rings. The molecule has 0 radical (unpaired) electrons. The van der Waals surface area contributed by atoms with Crippen LogP contribution in [-0.4, -0.2) is 153 Å². The van der Waals surface area contributed by atoms with Gasteiger partial charge in [0.25, 0.3) is 5.60 Å². The van der Waals surface area contributed by atoms with Gasteiger partial charge in [-0.1, -0.05) is 5.92 Å². The van der Waals surface area contributed by atoms with Crippen molar-refractivity contribution in [3.8, 4) is 46.2 Å². The molecule has 6 rings (SSSR count). The number of aliphatic carboxylic acids is 1. The lowest BCUT2D eigenvalue weighted by molar-refractivity contribution is -0.393. The largest absolute Gasteiger partial charge is 0.507 e. The Kier molecular flexibility index (Phi) is 10.9. The molecule has 0 amide bonds. The number of carboxylic acids is 1. The third-order valence-corrected chi connectivity index (χ3v) is 9.53. The molecule has 21 nitrogen and oxygen atoms in total. The van der Waals surface area contributed by atoms with E-state index in [9.17, 15) is 75.7 Å². The summed E-state index contributed by atoms with van der Waals surface area (Å²) in [6, 6.07) is 5.38. The molecule has 0 saturated carbocycles. The molecule has 0 unspecified atom stereocenters. The summed E-state index contributed by atoms with van der Waals surface area (Å²) in [4.78, 5) is 39.3. The lowest BCUT2D eigenvalue weighted by atomic mass is 9.82. The number of aliphatic hydroxyl groups excluding tert-OH is 6. The van der Waals surface area contributed by atoms with Gasteiger partial charge in [-0.05, 0) is 30.9 Å². The first-order valence-electron chi connectivity index (χ1n) is 16.8. The second kappa shape index (κ2) is 15.1. The first kappa shape index (κ1) is 40.6. The van der Waals surface area contributed by atoms with E-state index in [-0.39, 0.29) is 59.7 Å². The Morgan fingerprint density at radius 3 is 2.32 bits per heavy atom. The van der Waals surface area contributed by atoms with Gasteiger partial charge in [0.05, 0.1) is 6.42 Å². The molecule has 9 atom stereocenters. The Labute approximate surface area is 313 Å². The van der Waals surface area contributed by atoms with Crippen LogP contribution in [0.5, 0.6) is 23.0 Å². The molecule has 302 valence electrons. The zero-order valence-electron chi connectivity index (χ0n) is 28.7. The fourth-order valence-corrected chi connectivity index (χ4v) is 6.53. The summed E-state index contributed by atoms with van der Waals surface area (Å²) in [5, 5.41) is 124. The summed E-state index contributed by atoms with van der Waals surface area (Å²) < 4.78 is 33.5. The number of carbonyl (C=O) groups is 2. The van der Waals surface area contributed by atoms with E-state index >= 15 is 0 Å². The second-order valence-electron chi connectivity index (χ2n) is 13.1. The van der Waals surface area contributed by atoms with Gasteiger partial charge >= 0.3 is 11.9 Å². The fraction of sp³-hybridized carbons (Fsp3) is 0.457. The molecule has 3 aliphatic heterocycles. The van der Waals surface area contributed by atoms with Gasteiger partial charge in [0.2, 0.25) is 24.0 Å². The highest BCUT2D eigenvalue weighted by Crippen LogP contribution is 2.43. The van der Waals surface area contributed by atoms with Crippen LogP contribution in [0.3, 0.4) is 0 Å². The van der Waals surface area contributed by atoms with Crippen LogP contribution in [0.15, 0.2) is 39.5 Å². The standard InChI is InChI=1S/C35H36O21/c36-6-2-8-51-26-24(42)27(44)33(4-1-5-34(31(46)47)35(49,50)28(45)25(43)29(56-34)54-32(33)48)55-30(26)52-16-11-17(38)22-18(39)13-20(53-21(22)12-16)15-9-14(3-7-37)23(41)19(40)10-15/h9-13,24-30,36-38,40-45,49-50H,2-4,6-8H2,(H,46,47)/t24-,25-,26-,27+,28-,29+,30+,33+,34-/m1/s1. The van der Waals surface area contributed by atoms with Crippen LogP contribution < -0.4 is 10.2 Å². The highest BCUT2D eigenvalue weighted by molar-refractivity contribution is 5.87. The number of aromatic hydroxyl groups is 3. The first-order chi connectivity index (χ1) is 26.4. The van der Waals surface area contributed by atoms with E-state index in [0.717, 1.165) is 24.3 Å². The number of aliphatic hydroxyl groups is 8. The Morgan fingerprint density at radius 1 is 0.911 bits per heavy atom. The summed E-state index contributed by atoms with van der Waals surface area (Å²) in [6.45, 7) is -1.07. The number of phenolic OH excluding ortho intramolecular Hbond substituents is 3. The minimum absolute atomic E-state index is 0.0111. The van der Waals surface area contributed by atoms with Crippen molar-refractivity contribution in [2.75, 3.05) is 19.8 Å². The molecular formula is C35H36O21. The number of rotatable bonds is 10. The molecule has 21 heteroatoms. The molecule has 1 aromatic heterocycles. The highest BCUT2D eigenvalue weighted by Gasteiger charge is 2.70. The van der Waals surface area contributed by atoms with Crippen molar-refractivity contribution >= 4 is 22.9 Å². The van der Waals surface area contributed by atoms with Gasteiger partial charge in [0, 0.05) is 49.1 Å². The number of phenols is 3. The SMILES string of the molecule is O=C1O[C@H]2O[C@@](C(=O)O)(C#CC[C@@]13O[C@H](Oc1cc(O)c4c(=O)cc(-c5cc(O)c(O)c(CCO)c5)oc4c1)[C@H](OCCCO)[C@@H](O)[C@@H]3O)C(O)(O)[C@H](O)[C@H]2O. The predicted molar refractivity (Wildman–Crippen MR) is 178 cm³/mol. The predicted octanol–water partition coefficient (Wildman–Crippen LogP) is -3.39. The lowest BCUT2D eigenvalue weighted by Gasteiger charge is -2.49. The zero-order chi connectivity index (χ0) is 40.9. The lowest BCUT2D eigenvalue weighted by Crippen LogP contribution is -2.75. The van der Waals surface area contributed by atoms with Gasteiger partial charge in [0.1, 0.15) is 58.7 Å². The van der Waals surface area contributed by atoms with Crippen LogP contribution >= 0.6 is 0 Å². The summed E-state index contributed by atoms with van der Waals surface area (Å²) in [5.74, 6) is -6.02. The van der Waals surface area contributed by atoms with Crippen molar-refractivity contribution < 1.29 is 99.0 Å². The Bertz CT molecular complexity index is 2140. The van der Waals surface area contributed by atoms with Gasteiger partial charge in [-0.2, -0.15) is 0 Å². The van der Waals surface area contributed by atoms with Crippen molar-refractivity contribution in [2.24, 2.45) is 0 Å². The van der Waals surface area contributed by atoms with Crippen LogP contribution in [0.25, 0.3) is 22.3 Å². The van der Waals surface area contributed by atoms with Crippen LogP contribution in [0, 0.1) is 11.8 Å². The highest BCUT2D eigenvalue weighted by atomic mass is 16.8. The van der Waals surface area contributed by atoms with Crippen molar-refractivity contribution in [1.82, 2.24) is 0 Å². The zero-order valence-corrected chi connectivity index (χ0v) is 28.7. The molecule has 56 heavy (non-hydrogen) atoms. The smallest absolute Gasteiger partial charge is 0.354 e. The third kappa shape index (κ3) is 6.65. The van der Waals surface area contributed by atoms with Gasteiger partial charge in [0.15, 0.2) is 16.9 Å². The van der Waals surface area contributed by atoms with E-state index in [2.05, 4.69) is 5.92 Å². The topological polar surface area (TPSA) is 353 Å². The molecule has 1 spiro atoms. The Balaban J connectivity index is 1.43. The number of hydrogen-bond acceptors (Lipinski definition) is 20. The van der Waals surface area contributed by atoms with Gasteiger partial charge in [-0.3, -0.25) is 4.79 Å². The molecule has 2 bridgehead atoms. The van der Waals surface area contributed by atoms with Crippen molar-refractivity contribution in [3.63, 3.8) is 0 Å². The molecule has 2 fully saturated rings. The molecule has 0 aliphatic carbocycles. The van der Waals surface area contributed by atoms with Crippen LogP contribution in [0.2, 0.25) is 0 Å². The number of hydrogen-bond donors (Lipinski definition) is 12. The molecule has 2 saturated heterocycles. The molecular weight excluding hydrogens is 756 g/mol. The van der Waals surface area contributed by atoms with E-state index in [1.54, 1.807) is 0 Å². The molecule has 3 aromatic rings. The number of carbonyl (C=O) groups excluding carboxylic acids is 1. The Hall–Kier alpha value is -5.09. The van der Waals surface area contributed by atoms with Gasteiger partial charge in [-0.25, -0.2) is 9.59 Å². The summed E-state index contributed by atoms with van der Waals surface area (Å²) >= 11 is 0. The van der Waals surface area contributed by atoms with Gasteiger partial charge in [-0.15, -0.1) is 0 Å². The quantitative estimate of drug-likeness (QED) is 0.0313. The maximum atomic E-state index is 13.9. The Morgan fingerprint density at radius 2 is 1.64 bits per heavy atom. The number of ether oxygens (including phenoxy) is 5. The summed E-state index contributed by atoms with van der Waals surface area (Å²) in [6.07, 6.45) is -17.2. The summed E-state index contributed by atoms with van der Waals surface area (Å²) in [7, 11) is 0. The number of esters is 1. The molecule has 4 heterocycles. The van der Waals surface area contributed by atoms with E-state index in [1.165, 1.54) is 6.07 Å². The number of carboxylic acid groups (broad SMARTS) is 1. The van der Waals surface area contributed by atoms with Crippen molar-refractivity contribution in [3.05, 3.63) is 46.1 Å². The maximum absolute atomic E-state index is 13.9. The third-order valence-electron chi connectivity index (χ3n) is 9.53. The number of fused-ring (bicyclic) bond motifs is 3. The van der Waals surface area contributed by atoms with E-state index < -0.39 is 108 Å². The molecule has 2 aromatic carbocycles. The minimum atomic E-state index is -3.80. The van der Waals surface area contributed by atoms with Crippen LogP contribution in [0.1, 0.15) is 18.4 Å². The average Bonchev–Trinajstić information content (AvgIpc) is 3.19. The minimum Gasteiger partial charge on any atom is -0.507 e. The maximum Gasteiger partial charge on any atom is 0.354 e. The van der Waals surface area contributed by atoms with Gasteiger partial charge < -0.3 is 89.4 Å². The number of benzene rings is 2. The first-order valence-corrected chi connectivity index (χ1v) is 16.8. The van der Waals surface area contributed by atoms with E-state index in [1.807, 2.05) is 5.92 Å². The van der Waals surface area contributed by atoms with Crippen LogP contribution in [0.4, 0.5) is 0 Å². The van der Waals surface area contributed by atoms with Crippen molar-refractivity contribution in [2.45, 2.75) is 79.4 Å². The second-order valence-corrected chi connectivity index (χ2v) is 13.1.